The number of ether oxygens (including phenoxy) is 2. The van der Waals surface area contributed by atoms with Gasteiger partial charge in [-0.25, -0.2) is 9.78 Å². The second-order valence-electron chi connectivity index (χ2n) is 7.42. The van der Waals surface area contributed by atoms with Crippen LogP contribution in [-0.2, 0) is 25.5 Å². The fourth-order valence-electron chi connectivity index (χ4n) is 3.85. The lowest BCUT2D eigenvalue weighted by molar-refractivity contribution is -0.151. The first-order chi connectivity index (χ1) is 14.0. The Balaban J connectivity index is 1.60. The highest BCUT2D eigenvalue weighted by Gasteiger charge is 2.36. The van der Waals surface area contributed by atoms with Gasteiger partial charge in [-0.15, -0.1) is 11.3 Å². The number of fused-ring (bicyclic) bond motifs is 1. The summed E-state index contributed by atoms with van der Waals surface area (Å²) in [6.45, 7) is 1.31. The number of thiazole rings is 1. The average molecular weight is 419 g/mol. The molecule has 1 aliphatic rings. The molecule has 29 heavy (non-hydrogen) atoms. The van der Waals surface area contributed by atoms with E-state index in [1.165, 1.54) is 6.42 Å². The second-order valence-corrected chi connectivity index (χ2v) is 8.53. The lowest BCUT2D eigenvalue weighted by Crippen LogP contribution is -2.36. The van der Waals surface area contributed by atoms with Gasteiger partial charge in [-0.05, 0) is 37.3 Å². The van der Waals surface area contributed by atoms with E-state index < -0.39 is 24.6 Å². The van der Waals surface area contributed by atoms with Crippen LogP contribution in [0.1, 0.15) is 50.5 Å². The summed E-state index contributed by atoms with van der Waals surface area (Å²) in [5, 5.41) is 3.05. The molecule has 156 valence electrons. The third-order valence-corrected chi connectivity index (χ3v) is 6.22. The Hall–Kier alpha value is -2.48. The third-order valence-electron chi connectivity index (χ3n) is 5.18. The summed E-state index contributed by atoms with van der Waals surface area (Å²) in [4.78, 5) is 40.1. The molecule has 0 saturated heterocycles. The molecule has 1 N–H and O–H groups in total. The Morgan fingerprint density at radius 3 is 2.62 bits per heavy atom. The van der Waals surface area contributed by atoms with Crippen LogP contribution in [0.15, 0.2) is 24.3 Å². The summed E-state index contributed by atoms with van der Waals surface area (Å²) in [5.74, 6) is -1.12. The van der Waals surface area contributed by atoms with E-state index in [0.29, 0.717) is 0 Å². The fraction of sp³-hybridized carbons (Fsp3) is 0.524. The summed E-state index contributed by atoms with van der Waals surface area (Å²) >= 11 is 1.67. The van der Waals surface area contributed by atoms with Crippen LogP contribution in [0.4, 0.5) is 4.79 Å². The predicted octanol–water partition coefficient (Wildman–Crippen LogP) is 4.00. The van der Waals surface area contributed by atoms with Crippen molar-refractivity contribution < 1.29 is 23.9 Å². The van der Waals surface area contributed by atoms with Crippen molar-refractivity contribution in [1.29, 1.82) is 0 Å². The summed E-state index contributed by atoms with van der Waals surface area (Å²) in [6, 6.07) is 8.03. The lowest BCUT2D eigenvalue weighted by Gasteiger charge is -2.36. The number of imide groups is 1. The van der Waals surface area contributed by atoms with Gasteiger partial charge < -0.3 is 9.47 Å². The number of para-hydroxylation sites is 1. The molecule has 2 aromatic rings. The fourth-order valence-corrected chi connectivity index (χ4v) is 5.00. The number of alkyl carbamates (subject to hydrolysis) is 1. The minimum atomic E-state index is -0.840. The van der Waals surface area contributed by atoms with Gasteiger partial charge in [-0.1, -0.05) is 31.4 Å². The van der Waals surface area contributed by atoms with E-state index in [1.54, 1.807) is 18.3 Å². The van der Waals surface area contributed by atoms with Crippen LogP contribution >= 0.6 is 11.3 Å². The normalized spacial score (nSPS) is 15.6. The van der Waals surface area contributed by atoms with Crippen molar-refractivity contribution in [2.24, 2.45) is 5.41 Å². The van der Waals surface area contributed by atoms with Crippen LogP contribution in [0.25, 0.3) is 10.2 Å². The number of amides is 2. The first kappa shape index (κ1) is 21.2. The number of hydrogen-bond donors (Lipinski definition) is 1. The molecule has 1 fully saturated rings. The molecule has 0 atom stereocenters. The van der Waals surface area contributed by atoms with E-state index in [-0.39, 0.29) is 18.4 Å². The zero-order valence-corrected chi connectivity index (χ0v) is 17.4. The first-order valence-electron chi connectivity index (χ1n) is 9.96. The Morgan fingerprint density at radius 1 is 1.14 bits per heavy atom. The number of aromatic nitrogens is 1. The van der Waals surface area contributed by atoms with E-state index >= 15 is 0 Å². The number of nitrogens with zero attached hydrogens (tertiary/aromatic N) is 1. The maximum atomic E-state index is 12.5. The summed E-state index contributed by atoms with van der Waals surface area (Å²) in [6.07, 6.45) is 5.32. The van der Waals surface area contributed by atoms with Gasteiger partial charge in [0.05, 0.1) is 28.3 Å². The van der Waals surface area contributed by atoms with Crippen molar-refractivity contribution in [1.82, 2.24) is 10.3 Å². The van der Waals surface area contributed by atoms with Gasteiger partial charge in [0.2, 0.25) is 0 Å². The molecule has 1 aromatic heterocycles. The average Bonchev–Trinajstić information content (AvgIpc) is 3.09. The maximum Gasteiger partial charge on any atom is 0.413 e. The molecule has 0 spiro atoms. The minimum absolute atomic E-state index is 0.160. The number of esters is 1. The number of hydrogen-bond acceptors (Lipinski definition) is 7. The molecule has 0 bridgehead atoms. The van der Waals surface area contributed by atoms with E-state index in [4.69, 9.17) is 9.72 Å². The standard InChI is InChI=1S/C21H26N2O5S/c1-2-27-20(26)23-17(24)14-28-19(25)13-21(10-6-3-7-11-21)12-18-22-15-8-4-5-9-16(15)29-18/h4-5,8-9H,2-3,6-7,10-14H2,1H3,(H,23,24,26). The third kappa shape index (κ3) is 6.00. The molecule has 0 unspecified atom stereocenters. The van der Waals surface area contributed by atoms with Crippen LogP contribution in [0.2, 0.25) is 0 Å². The van der Waals surface area contributed by atoms with Gasteiger partial charge in [0.15, 0.2) is 6.61 Å². The van der Waals surface area contributed by atoms with Crippen LogP contribution in [-0.4, -0.2) is 36.2 Å². The van der Waals surface area contributed by atoms with Crippen LogP contribution in [0, 0.1) is 5.41 Å². The quantitative estimate of drug-likeness (QED) is 0.683. The number of benzene rings is 1. The molecule has 8 heteroatoms. The number of nitrogens with one attached hydrogen (secondary N) is 1. The second kappa shape index (κ2) is 9.82. The maximum absolute atomic E-state index is 12.5. The molecule has 3 rings (SSSR count). The van der Waals surface area contributed by atoms with E-state index in [0.717, 1.165) is 47.3 Å². The highest BCUT2D eigenvalue weighted by molar-refractivity contribution is 7.18. The molecule has 0 radical (unpaired) electrons. The molecular formula is C21H26N2O5S. The number of rotatable bonds is 7. The topological polar surface area (TPSA) is 94.6 Å². The molecule has 0 aliphatic heterocycles. The molecule has 1 aliphatic carbocycles. The molecular weight excluding hydrogens is 392 g/mol. The van der Waals surface area contributed by atoms with Crippen molar-refractivity contribution >= 4 is 39.5 Å². The van der Waals surface area contributed by atoms with Crippen LogP contribution in [0.5, 0.6) is 0 Å². The van der Waals surface area contributed by atoms with Crippen molar-refractivity contribution in [3.63, 3.8) is 0 Å². The van der Waals surface area contributed by atoms with Gasteiger partial charge >= 0.3 is 12.1 Å². The van der Waals surface area contributed by atoms with E-state index in [2.05, 4.69) is 10.8 Å². The lowest BCUT2D eigenvalue weighted by atomic mass is 9.70. The Labute approximate surface area is 173 Å². The zero-order valence-electron chi connectivity index (χ0n) is 16.6. The van der Waals surface area contributed by atoms with Crippen molar-refractivity contribution in [3.8, 4) is 0 Å². The SMILES string of the molecule is CCOC(=O)NC(=O)COC(=O)CC1(Cc2nc3ccccc3s2)CCCCC1. The predicted molar refractivity (Wildman–Crippen MR) is 110 cm³/mol. The van der Waals surface area contributed by atoms with E-state index in [9.17, 15) is 14.4 Å². The summed E-state index contributed by atoms with van der Waals surface area (Å²) in [7, 11) is 0. The van der Waals surface area contributed by atoms with Crippen LogP contribution < -0.4 is 5.32 Å². The largest absolute Gasteiger partial charge is 0.456 e. The summed E-state index contributed by atoms with van der Waals surface area (Å²) in [5.41, 5.74) is 0.789. The van der Waals surface area contributed by atoms with Gasteiger partial charge in [-0.3, -0.25) is 14.9 Å². The van der Waals surface area contributed by atoms with Crippen molar-refractivity contribution in [3.05, 3.63) is 29.3 Å². The first-order valence-corrected chi connectivity index (χ1v) is 10.8. The van der Waals surface area contributed by atoms with Crippen molar-refractivity contribution in [2.75, 3.05) is 13.2 Å². The van der Waals surface area contributed by atoms with Crippen LogP contribution in [0.3, 0.4) is 0 Å². The smallest absolute Gasteiger partial charge is 0.413 e. The zero-order chi connectivity index (χ0) is 20.7. The Bertz CT molecular complexity index is 840. The molecule has 1 heterocycles. The van der Waals surface area contributed by atoms with Gasteiger partial charge in [0, 0.05) is 6.42 Å². The summed E-state index contributed by atoms with van der Waals surface area (Å²) < 4.78 is 10.9. The molecule has 7 nitrogen and oxygen atoms in total. The Kier molecular flexibility index (Phi) is 7.19. The molecule has 1 aromatic carbocycles. The number of carbonyl (C=O) groups excluding carboxylic acids is 3. The van der Waals surface area contributed by atoms with Crippen molar-refractivity contribution in [2.45, 2.75) is 51.9 Å². The molecule has 1 saturated carbocycles. The molecule has 2 amide bonds. The highest BCUT2D eigenvalue weighted by Crippen LogP contribution is 2.43. The van der Waals surface area contributed by atoms with E-state index in [1.807, 2.05) is 23.5 Å². The minimum Gasteiger partial charge on any atom is -0.456 e. The highest BCUT2D eigenvalue weighted by atomic mass is 32.1. The monoisotopic (exact) mass is 418 g/mol. The van der Waals surface area contributed by atoms with Gasteiger partial charge in [0.1, 0.15) is 0 Å². The van der Waals surface area contributed by atoms with Gasteiger partial charge in [0.25, 0.3) is 5.91 Å². The van der Waals surface area contributed by atoms with Gasteiger partial charge in [-0.2, -0.15) is 0 Å². The Morgan fingerprint density at radius 2 is 1.90 bits per heavy atom. The number of carbonyl (C=O) groups is 3.